The molecule has 2 N–H and O–H groups in total. The third-order valence-corrected chi connectivity index (χ3v) is 4.24. The molecule has 0 bridgehead atoms. The van der Waals surface area contributed by atoms with E-state index in [1.807, 2.05) is 0 Å². The predicted molar refractivity (Wildman–Crippen MR) is 68.3 cm³/mol. The van der Waals surface area contributed by atoms with Gasteiger partial charge in [0.25, 0.3) is 0 Å². The summed E-state index contributed by atoms with van der Waals surface area (Å²) in [4.78, 5) is 3.40. The molecule has 2 aromatic rings. The summed E-state index contributed by atoms with van der Waals surface area (Å²) in [7, 11) is 0. The van der Waals surface area contributed by atoms with Crippen LogP contribution in [0.25, 0.3) is 10.9 Å². The Bertz CT molecular complexity index is 546. The highest BCUT2D eigenvalue weighted by atomic mass is 19.0. The first-order chi connectivity index (χ1) is 7.93. The van der Waals surface area contributed by atoms with E-state index in [1.54, 1.807) is 5.56 Å². The van der Waals surface area contributed by atoms with Crippen molar-refractivity contribution in [2.45, 2.75) is 31.2 Å². The summed E-state index contributed by atoms with van der Waals surface area (Å²) in [5.41, 5.74) is 4.38. The zero-order chi connectivity index (χ0) is 10.5. The van der Waals surface area contributed by atoms with Gasteiger partial charge in [0.2, 0.25) is 0 Å². The molecular formula is C14H17FN2. The molecule has 4 rings (SSSR count). The van der Waals surface area contributed by atoms with Crippen molar-refractivity contribution < 1.29 is 4.70 Å². The highest BCUT2D eigenvalue weighted by Gasteiger charge is 2.32. The first-order valence-electron chi connectivity index (χ1n) is 6.26. The van der Waals surface area contributed by atoms with Crippen LogP contribution in [0, 0.1) is 0 Å². The average Bonchev–Trinajstić information content (AvgIpc) is 2.75. The van der Waals surface area contributed by atoms with Crippen LogP contribution in [0.1, 0.15) is 29.9 Å². The van der Waals surface area contributed by atoms with Crippen molar-refractivity contribution in [2.75, 3.05) is 6.54 Å². The van der Waals surface area contributed by atoms with Crippen molar-refractivity contribution in [2.24, 2.45) is 0 Å². The summed E-state index contributed by atoms with van der Waals surface area (Å²) < 4.78 is 0. The van der Waals surface area contributed by atoms with Gasteiger partial charge in [0.05, 0.1) is 0 Å². The molecule has 2 heterocycles. The number of nitrogens with one attached hydrogen (secondary N) is 2. The molecular weight excluding hydrogens is 215 g/mol. The smallest absolute Gasteiger partial charge is 0.0459 e. The highest BCUT2D eigenvalue weighted by Crippen LogP contribution is 2.40. The van der Waals surface area contributed by atoms with Crippen LogP contribution in [-0.4, -0.2) is 17.6 Å². The Balaban J connectivity index is 0.000000902. The fourth-order valence-corrected chi connectivity index (χ4v) is 3.53. The van der Waals surface area contributed by atoms with Crippen LogP contribution in [0.3, 0.4) is 0 Å². The van der Waals surface area contributed by atoms with Crippen LogP contribution >= 0.6 is 0 Å². The maximum atomic E-state index is 3.68. The Morgan fingerprint density at radius 3 is 3.12 bits per heavy atom. The number of benzene rings is 1. The van der Waals surface area contributed by atoms with Crippen LogP contribution in [0.2, 0.25) is 0 Å². The Hall–Kier alpha value is -1.35. The standard InChI is InChI=1S/C14H16N2.FH/c1-3-11-10-4-2-6-15-13(10)7-9-8-16-12(5-1)14(9)11;/h1,3,5,8,10,13,15-16H,2,4,6-7H2;1H/t10-,13-;/m1./s1. The lowest BCUT2D eigenvalue weighted by atomic mass is 9.76. The topological polar surface area (TPSA) is 27.8 Å². The molecule has 0 saturated carbocycles. The van der Waals surface area contributed by atoms with Gasteiger partial charge in [0.1, 0.15) is 0 Å². The molecule has 1 aliphatic heterocycles. The summed E-state index contributed by atoms with van der Waals surface area (Å²) >= 11 is 0. The average molecular weight is 232 g/mol. The van der Waals surface area contributed by atoms with Crippen molar-refractivity contribution in [3.05, 3.63) is 35.5 Å². The van der Waals surface area contributed by atoms with E-state index >= 15 is 0 Å². The number of halogens is 1. The van der Waals surface area contributed by atoms with Gasteiger partial charge >= 0.3 is 0 Å². The normalized spacial score (nSPS) is 26.4. The van der Waals surface area contributed by atoms with Gasteiger partial charge in [0, 0.05) is 29.1 Å². The lowest BCUT2D eigenvalue weighted by molar-refractivity contribution is 0.345. The second kappa shape index (κ2) is 3.84. The highest BCUT2D eigenvalue weighted by molar-refractivity contribution is 5.88. The number of aromatic amines is 1. The Labute approximate surface area is 99.8 Å². The van der Waals surface area contributed by atoms with Gasteiger partial charge in [-0.1, -0.05) is 12.1 Å². The lowest BCUT2D eigenvalue weighted by Gasteiger charge is -2.36. The molecule has 1 fully saturated rings. The molecule has 0 amide bonds. The van der Waals surface area contributed by atoms with Gasteiger partial charge in [-0.2, -0.15) is 0 Å². The van der Waals surface area contributed by atoms with Crippen LogP contribution in [0.4, 0.5) is 4.70 Å². The molecule has 2 nitrogen and oxygen atoms in total. The summed E-state index contributed by atoms with van der Waals surface area (Å²) in [6.45, 7) is 1.19. The fraction of sp³-hybridized carbons (Fsp3) is 0.429. The minimum atomic E-state index is 0. The summed E-state index contributed by atoms with van der Waals surface area (Å²) in [6.07, 6.45) is 6.06. The summed E-state index contributed by atoms with van der Waals surface area (Å²) in [5.74, 6) is 0.737. The number of piperidine rings is 1. The first kappa shape index (κ1) is 10.8. The van der Waals surface area contributed by atoms with Gasteiger partial charge in [-0.3, -0.25) is 4.70 Å². The summed E-state index contributed by atoms with van der Waals surface area (Å²) in [6, 6.07) is 7.37. The molecule has 90 valence electrons. The number of hydrogen-bond donors (Lipinski definition) is 2. The zero-order valence-corrected chi connectivity index (χ0v) is 9.70. The van der Waals surface area contributed by atoms with Gasteiger partial charge in [-0.25, -0.2) is 0 Å². The third-order valence-electron chi connectivity index (χ3n) is 4.24. The van der Waals surface area contributed by atoms with Crippen molar-refractivity contribution >= 4 is 10.9 Å². The predicted octanol–water partition coefficient (Wildman–Crippen LogP) is 2.71. The number of fused-ring (bicyclic) bond motifs is 2. The van der Waals surface area contributed by atoms with Crippen molar-refractivity contribution in [1.29, 1.82) is 0 Å². The minimum Gasteiger partial charge on any atom is -0.361 e. The van der Waals surface area contributed by atoms with E-state index in [1.165, 1.54) is 42.3 Å². The van der Waals surface area contributed by atoms with Crippen LogP contribution in [-0.2, 0) is 6.42 Å². The number of hydrogen-bond acceptors (Lipinski definition) is 1. The van der Waals surface area contributed by atoms with Gasteiger partial charge < -0.3 is 10.3 Å². The molecule has 0 radical (unpaired) electrons. The number of rotatable bonds is 0. The third kappa shape index (κ3) is 1.42. The maximum Gasteiger partial charge on any atom is 0.0459 e. The largest absolute Gasteiger partial charge is 0.361 e. The van der Waals surface area contributed by atoms with Crippen LogP contribution in [0.15, 0.2) is 24.4 Å². The van der Waals surface area contributed by atoms with Crippen molar-refractivity contribution in [1.82, 2.24) is 10.3 Å². The van der Waals surface area contributed by atoms with Crippen molar-refractivity contribution in [3.8, 4) is 0 Å². The molecule has 3 heteroatoms. The number of aromatic nitrogens is 1. The molecule has 17 heavy (non-hydrogen) atoms. The zero-order valence-electron chi connectivity index (χ0n) is 9.70. The van der Waals surface area contributed by atoms with Gasteiger partial charge in [-0.15, -0.1) is 0 Å². The van der Waals surface area contributed by atoms with Crippen molar-refractivity contribution in [3.63, 3.8) is 0 Å². The quantitative estimate of drug-likeness (QED) is 0.718. The van der Waals surface area contributed by atoms with E-state index in [-0.39, 0.29) is 4.70 Å². The first-order valence-corrected chi connectivity index (χ1v) is 6.26. The lowest BCUT2D eigenvalue weighted by Crippen LogP contribution is -2.43. The monoisotopic (exact) mass is 232 g/mol. The number of H-pyrrole nitrogens is 1. The van der Waals surface area contributed by atoms with Crippen LogP contribution in [0.5, 0.6) is 0 Å². The molecule has 1 aromatic carbocycles. The van der Waals surface area contributed by atoms with Crippen LogP contribution < -0.4 is 5.32 Å². The van der Waals surface area contributed by atoms with Gasteiger partial charge in [-0.05, 0) is 43.0 Å². The molecule has 0 spiro atoms. The molecule has 0 unspecified atom stereocenters. The second-order valence-electron chi connectivity index (χ2n) is 5.10. The molecule has 1 aromatic heterocycles. The Morgan fingerprint density at radius 2 is 2.18 bits per heavy atom. The Kier molecular flexibility index (Phi) is 2.44. The molecule has 1 aliphatic carbocycles. The second-order valence-corrected chi connectivity index (χ2v) is 5.10. The van der Waals surface area contributed by atoms with Gasteiger partial charge in [0.15, 0.2) is 0 Å². The summed E-state index contributed by atoms with van der Waals surface area (Å²) in [5, 5.41) is 5.19. The fourth-order valence-electron chi connectivity index (χ4n) is 3.53. The molecule has 2 atom stereocenters. The van der Waals surface area contributed by atoms with E-state index in [2.05, 4.69) is 34.7 Å². The van der Waals surface area contributed by atoms with E-state index in [0.29, 0.717) is 6.04 Å². The van der Waals surface area contributed by atoms with E-state index in [9.17, 15) is 0 Å². The molecule has 2 aliphatic rings. The SMILES string of the molecule is F.c1cc2c3c(c[nH]c3c1)C[C@H]1NCCC[C@H]21. The van der Waals surface area contributed by atoms with E-state index in [4.69, 9.17) is 0 Å². The Morgan fingerprint density at radius 1 is 1.24 bits per heavy atom. The van der Waals surface area contributed by atoms with E-state index < -0.39 is 0 Å². The maximum absolute atomic E-state index is 3.68. The molecule has 1 saturated heterocycles. The minimum absolute atomic E-state index is 0. The van der Waals surface area contributed by atoms with E-state index in [0.717, 1.165) is 5.92 Å².